The topological polar surface area (TPSA) is 64.7 Å². The highest BCUT2D eigenvalue weighted by atomic mass is 16.2. The number of amides is 4. The monoisotopic (exact) mass is 248 g/mol. The lowest BCUT2D eigenvalue weighted by atomic mass is 10.2. The predicted molar refractivity (Wildman–Crippen MR) is 69.9 cm³/mol. The molecule has 0 bridgehead atoms. The lowest BCUT2D eigenvalue weighted by molar-refractivity contribution is 0.230. The second kappa shape index (κ2) is 4.95. The van der Waals surface area contributed by atoms with Gasteiger partial charge in [0, 0.05) is 38.6 Å². The summed E-state index contributed by atoms with van der Waals surface area (Å²) in [7, 11) is 3.36. The summed E-state index contributed by atoms with van der Waals surface area (Å²) in [6.45, 7) is 1.33. The van der Waals surface area contributed by atoms with Gasteiger partial charge in [0.15, 0.2) is 0 Å². The molecule has 1 aliphatic heterocycles. The molecule has 0 saturated carbocycles. The molecule has 0 unspecified atom stereocenters. The number of hydrogen-bond acceptors (Lipinski definition) is 2. The molecule has 1 heterocycles. The lowest BCUT2D eigenvalue weighted by Crippen LogP contribution is -2.28. The molecule has 18 heavy (non-hydrogen) atoms. The van der Waals surface area contributed by atoms with Crippen molar-refractivity contribution < 1.29 is 9.59 Å². The maximum absolute atomic E-state index is 11.5. The standard InChI is InChI=1S/C12H16N4O2/c1-15(2)12(18)14-9-3-5-10(6-4-9)16-8-7-13-11(16)17/h3-6H,7-8H2,1-2H3,(H,13,17)(H,14,18). The molecule has 0 spiro atoms. The normalized spacial score (nSPS) is 14.3. The molecular formula is C12H16N4O2. The van der Waals surface area contributed by atoms with Crippen LogP contribution in [0.3, 0.4) is 0 Å². The van der Waals surface area contributed by atoms with Gasteiger partial charge in [0.1, 0.15) is 0 Å². The highest BCUT2D eigenvalue weighted by molar-refractivity contribution is 5.94. The van der Waals surface area contributed by atoms with E-state index in [1.807, 2.05) is 12.1 Å². The molecule has 2 N–H and O–H groups in total. The van der Waals surface area contributed by atoms with E-state index in [1.54, 1.807) is 31.1 Å². The lowest BCUT2D eigenvalue weighted by Gasteiger charge is -2.15. The first kappa shape index (κ1) is 12.2. The molecule has 6 heteroatoms. The van der Waals surface area contributed by atoms with Crippen molar-refractivity contribution in [2.45, 2.75) is 0 Å². The largest absolute Gasteiger partial charge is 0.336 e. The summed E-state index contributed by atoms with van der Waals surface area (Å²) in [5, 5.41) is 5.48. The van der Waals surface area contributed by atoms with Crippen LogP contribution in [0.25, 0.3) is 0 Å². The van der Waals surface area contributed by atoms with Crippen LogP contribution < -0.4 is 15.5 Å². The zero-order valence-corrected chi connectivity index (χ0v) is 10.4. The van der Waals surface area contributed by atoms with Crippen molar-refractivity contribution in [2.75, 3.05) is 37.4 Å². The Morgan fingerprint density at radius 2 is 2.00 bits per heavy atom. The first-order valence-electron chi connectivity index (χ1n) is 5.71. The highest BCUT2D eigenvalue weighted by Gasteiger charge is 2.20. The Labute approximate surface area is 106 Å². The van der Waals surface area contributed by atoms with Gasteiger partial charge in [-0.05, 0) is 24.3 Å². The summed E-state index contributed by atoms with van der Waals surface area (Å²) in [6.07, 6.45) is 0. The quantitative estimate of drug-likeness (QED) is 0.828. The molecule has 0 radical (unpaired) electrons. The van der Waals surface area contributed by atoms with Crippen LogP contribution in [0.4, 0.5) is 21.0 Å². The molecule has 4 amide bonds. The Kier molecular flexibility index (Phi) is 3.36. The van der Waals surface area contributed by atoms with Gasteiger partial charge in [-0.15, -0.1) is 0 Å². The number of urea groups is 2. The van der Waals surface area contributed by atoms with Crippen molar-refractivity contribution >= 4 is 23.4 Å². The predicted octanol–water partition coefficient (Wildman–Crippen LogP) is 1.31. The van der Waals surface area contributed by atoms with Crippen LogP contribution in [-0.4, -0.2) is 44.1 Å². The van der Waals surface area contributed by atoms with Crippen LogP contribution in [0.5, 0.6) is 0 Å². The molecule has 1 aromatic carbocycles. The van der Waals surface area contributed by atoms with Crippen LogP contribution in [0.1, 0.15) is 0 Å². The van der Waals surface area contributed by atoms with E-state index < -0.39 is 0 Å². The number of anilines is 2. The minimum Gasteiger partial charge on any atom is -0.336 e. The molecule has 1 fully saturated rings. The smallest absolute Gasteiger partial charge is 0.321 e. The molecule has 0 atom stereocenters. The molecule has 1 saturated heterocycles. The van der Waals surface area contributed by atoms with Crippen LogP contribution in [0, 0.1) is 0 Å². The number of carbonyl (C=O) groups is 2. The van der Waals surface area contributed by atoms with E-state index in [9.17, 15) is 9.59 Å². The second-order valence-electron chi connectivity index (χ2n) is 4.26. The molecule has 0 aliphatic carbocycles. The zero-order chi connectivity index (χ0) is 13.1. The van der Waals surface area contributed by atoms with Gasteiger partial charge < -0.3 is 15.5 Å². The Hall–Kier alpha value is -2.24. The third kappa shape index (κ3) is 2.53. The maximum Gasteiger partial charge on any atom is 0.321 e. The molecular weight excluding hydrogens is 232 g/mol. The molecule has 1 aromatic rings. The third-order valence-corrected chi connectivity index (χ3v) is 2.69. The number of benzene rings is 1. The van der Waals surface area contributed by atoms with Gasteiger partial charge in [-0.25, -0.2) is 9.59 Å². The Balaban J connectivity index is 2.06. The summed E-state index contributed by atoms with van der Waals surface area (Å²) in [5.74, 6) is 0. The third-order valence-electron chi connectivity index (χ3n) is 2.69. The van der Waals surface area contributed by atoms with E-state index in [4.69, 9.17) is 0 Å². The van der Waals surface area contributed by atoms with Gasteiger partial charge in [-0.3, -0.25) is 4.90 Å². The van der Waals surface area contributed by atoms with E-state index in [-0.39, 0.29) is 12.1 Å². The first-order valence-corrected chi connectivity index (χ1v) is 5.71. The van der Waals surface area contributed by atoms with Gasteiger partial charge in [-0.1, -0.05) is 0 Å². The number of hydrogen-bond donors (Lipinski definition) is 2. The van der Waals surface area contributed by atoms with Crippen LogP contribution in [0.15, 0.2) is 24.3 Å². The number of rotatable bonds is 2. The average molecular weight is 248 g/mol. The van der Waals surface area contributed by atoms with Crippen molar-refractivity contribution in [3.63, 3.8) is 0 Å². The van der Waals surface area contributed by atoms with Crippen LogP contribution in [0.2, 0.25) is 0 Å². The van der Waals surface area contributed by atoms with Crippen LogP contribution in [-0.2, 0) is 0 Å². The summed E-state index contributed by atoms with van der Waals surface area (Å²) in [5.41, 5.74) is 1.53. The minimum atomic E-state index is -0.179. The van der Waals surface area contributed by atoms with Crippen molar-refractivity contribution in [3.05, 3.63) is 24.3 Å². The minimum absolute atomic E-state index is 0.0833. The number of carbonyl (C=O) groups excluding carboxylic acids is 2. The van der Waals surface area contributed by atoms with Crippen molar-refractivity contribution in [1.82, 2.24) is 10.2 Å². The summed E-state index contributed by atoms with van der Waals surface area (Å²) >= 11 is 0. The van der Waals surface area contributed by atoms with Crippen molar-refractivity contribution in [2.24, 2.45) is 0 Å². The molecule has 1 aliphatic rings. The Morgan fingerprint density at radius 3 is 2.50 bits per heavy atom. The fourth-order valence-corrected chi connectivity index (χ4v) is 1.68. The Morgan fingerprint density at radius 1 is 1.33 bits per heavy atom. The van der Waals surface area contributed by atoms with E-state index in [0.717, 1.165) is 5.69 Å². The summed E-state index contributed by atoms with van der Waals surface area (Å²) in [6, 6.07) is 6.93. The number of nitrogens with zero attached hydrogens (tertiary/aromatic N) is 2. The van der Waals surface area contributed by atoms with E-state index in [0.29, 0.717) is 18.8 Å². The van der Waals surface area contributed by atoms with E-state index >= 15 is 0 Å². The molecule has 2 rings (SSSR count). The number of nitrogens with one attached hydrogen (secondary N) is 2. The SMILES string of the molecule is CN(C)C(=O)Nc1ccc(N2CCNC2=O)cc1. The molecule has 0 aromatic heterocycles. The van der Waals surface area contributed by atoms with Gasteiger partial charge in [0.25, 0.3) is 0 Å². The summed E-state index contributed by atoms with van der Waals surface area (Å²) < 4.78 is 0. The summed E-state index contributed by atoms with van der Waals surface area (Å²) in [4.78, 5) is 26.0. The molecule has 96 valence electrons. The fraction of sp³-hybridized carbons (Fsp3) is 0.333. The first-order chi connectivity index (χ1) is 8.58. The van der Waals surface area contributed by atoms with Gasteiger partial charge in [-0.2, -0.15) is 0 Å². The van der Waals surface area contributed by atoms with E-state index in [1.165, 1.54) is 4.90 Å². The highest BCUT2D eigenvalue weighted by Crippen LogP contribution is 2.19. The van der Waals surface area contributed by atoms with Gasteiger partial charge in [0.2, 0.25) is 0 Å². The maximum atomic E-state index is 11.5. The van der Waals surface area contributed by atoms with Gasteiger partial charge >= 0.3 is 12.1 Å². The molecule has 6 nitrogen and oxygen atoms in total. The van der Waals surface area contributed by atoms with E-state index in [2.05, 4.69) is 10.6 Å². The average Bonchev–Trinajstić information content (AvgIpc) is 2.76. The second-order valence-corrected chi connectivity index (χ2v) is 4.26. The fourth-order valence-electron chi connectivity index (χ4n) is 1.68. The van der Waals surface area contributed by atoms with Crippen molar-refractivity contribution in [1.29, 1.82) is 0 Å². The van der Waals surface area contributed by atoms with Crippen LogP contribution >= 0.6 is 0 Å². The van der Waals surface area contributed by atoms with Gasteiger partial charge in [0.05, 0.1) is 0 Å². The zero-order valence-electron chi connectivity index (χ0n) is 10.4. The van der Waals surface area contributed by atoms with Crippen molar-refractivity contribution in [3.8, 4) is 0 Å². The Bertz CT molecular complexity index is 456.